The van der Waals surface area contributed by atoms with Gasteiger partial charge >= 0.3 is 0 Å². The number of carbonyl (C=O) groups excluding carboxylic acids is 3. The molecule has 2 rings (SSSR count). The lowest BCUT2D eigenvalue weighted by Gasteiger charge is -2.09. The van der Waals surface area contributed by atoms with Crippen molar-refractivity contribution in [2.24, 2.45) is 0 Å². The summed E-state index contributed by atoms with van der Waals surface area (Å²) < 4.78 is 0. The van der Waals surface area contributed by atoms with Crippen LogP contribution in [0, 0.1) is 0 Å². The Morgan fingerprint density at radius 2 is 1.22 bits per heavy atom. The van der Waals surface area contributed by atoms with Crippen LogP contribution < -0.4 is 11.1 Å². The average molecular weight is 540 g/mol. The van der Waals surface area contributed by atoms with Gasteiger partial charge in [-0.15, -0.1) is 23.2 Å². The number of nitrogens with two attached hydrogens (primary N) is 1. The fraction of sp³-hybridized carbons (Fsp3) is 0.483. The standard InChI is InChI=1S/C18H27NO2.C9H11NO.CH2Cl2.CH4/c1-3-5-6-7-8-9-14-18(21)19-16-13-11-10-12-15(16)17(20)4-2;1-2-9(11)7-5-3-4-6-8(7)10;2-1-3;/h10-13H,3-9,14H2,1-2H3,(H,19,21);3-6H,2,10H2,1H3;1H2;1H4. The maximum absolute atomic E-state index is 11.9. The number of hydrogen-bond acceptors (Lipinski definition) is 4. The van der Waals surface area contributed by atoms with Crippen LogP contribution in [0.15, 0.2) is 48.5 Å². The fourth-order valence-corrected chi connectivity index (χ4v) is 3.25. The van der Waals surface area contributed by atoms with Crippen LogP contribution in [-0.4, -0.2) is 22.8 Å². The number of halogens is 2. The van der Waals surface area contributed by atoms with E-state index in [1.807, 2.05) is 38.1 Å². The zero-order valence-corrected chi connectivity index (χ0v) is 22.8. The summed E-state index contributed by atoms with van der Waals surface area (Å²) in [5.74, 6) is 0.162. The van der Waals surface area contributed by atoms with Crippen LogP contribution in [0.4, 0.5) is 11.4 Å². The van der Waals surface area contributed by atoms with Gasteiger partial charge in [-0.1, -0.05) is 84.6 Å². The number of unbranched alkanes of at least 4 members (excludes halogenated alkanes) is 5. The highest BCUT2D eigenvalue weighted by molar-refractivity contribution is 6.40. The van der Waals surface area contributed by atoms with Crippen molar-refractivity contribution >= 4 is 52.1 Å². The minimum absolute atomic E-state index is 0. The Bertz CT molecular complexity index is 888. The summed E-state index contributed by atoms with van der Waals surface area (Å²) >= 11 is 9.53. The van der Waals surface area contributed by atoms with Gasteiger partial charge in [-0.05, 0) is 30.7 Å². The van der Waals surface area contributed by atoms with Crippen molar-refractivity contribution in [1.29, 1.82) is 0 Å². The van der Waals surface area contributed by atoms with Crippen molar-refractivity contribution in [1.82, 2.24) is 0 Å². The molecule has 2 aromatic carbocycles. The van der Waals surface area contributed by atoms with E-state index >= 15 is 0 Å². The quantitative estimate of drug-likeness (QED) is 0.122. The Kier molecular flexibility index (Phi) is 22.9. The first-order valence-electron chi connectivity index (χ1n) is 12.3. The van der Waals surface area contributed by atoms with Gasteiger partial charge in [0.15, 0.2) is 11.6 Å². The van der Waals surface area contributed by atoms with Crippen molar-refractivity contribution in [2.45, 2.75) is 86.0 Å². The van der Waals surface area contributed by atoms with Gasteiger partial charge in [-0.2, -0.15) is 0 Å². The van der Waals surface area contributed by atoms with Crippen LogP contribution in [0.1, 0.15) is 107 Å². The smallest absolute Gasteiger partial charge is 0.224 e. The summed E-state index contributed by atoms with van der Waals surface area (Å²) in [7, 11) is 0. The van der Waals surface area contributed by atoms with Gasteiger partial charge < -0.3 is 11.1 Å². The molecule has 5 nitrogen and oxygen atoms in total. The summed E-state index contributed by atoms with van der Waals surface area (Å²) in [6, 6.07) is 14.4. The molecule has 0 bridgehead atoms. The van der Waals surface area contributed by atoms with E-state index in [1.165, 1.54) is 25.7 Å². The molecule has 0 atom stereocenters. The summed E-state index contributed by atoms with van der Waals surface area (Å²) in [5, 5.41) is 3.06. The first kappa shape index (κ1) is 35.8. The number of anilines is 2. The molecule has 2 aromatic rings. The second kappa shape index (κ2) is 23.1. The van der Waals surface area contributed by atoms with E-state index in [0.717, 1.165) is 12.8 Å². The molecule has 202 valence electrons. The Labute approximate surface area is 228 Å². The number of nitrogen functional groups attached to an aromatic ring is 1. The van der Waals surface area contributed by atoms with Gasteiger partial charge in [0.2, 0.25) is 5.91 Å². The topological polar surface area (TPSA) is 89.3 Å². The lowest BCUT2D eigenvalue weighted by molar-refractivity contribution is -0.116. The van der Waals surface area contributed by atoms with Gasteiger partial charge in [0, 0.05) is 36.1 Å². The van der Waals surface area contributed by atoms with Crippen LogP contribution >= 0.6 is 23.2 Å². The largest absolute Gasteiger partial charge is 0.398 e. The third-order valence-electron chi connectivity index (χ3n) is 5.16. The molecule has 0 fully saturated rings. The van der Waals surface area contributed by atoms with Gasteiger partial charge in [0.1, 0.15) is 0 Å². The molecule has 36 heavy (non-hydrogen) atoms. The Morgan fingerprint density at radius 1 is 0.750 bits per heavy atom. The van der Waals surface area contributed by atoms with Gasteiger partial charge in [-0.3, -0.25) is 14.4 Å². The average Bonchev–Trinajstić information content (AvgIpc) is 2.86. The molecule has 7 heteroatoms. The fourth-order valence-electron chi connectivity index (χ4n) is 3.25. The minimum Gasteiger partial charge on any atom is -0.398 e. The van der Waals surface area contributed by atoms with E-state index < -0.39 is 0 Å². The molecular weight excluding hydrogens is 495 g/mol. The maximum Gasteiger partial charge on any atom is 0.224 e. The van der Waals surface area contributed by atoms with Crippen molar-refractivity contribution < 1.29 is 14.4 Å². The Hall–Kier alpha value is -2.37. The zero-order chi connectivity index (χ0) is 26.5. The van der Waals surface area contributed by atoms with Crippen molar-refractivity contribution in [2.75, 3.05) is 16.4 Å². The first-order chi connectivity index (χ1) is 16.9. The number of amides is 1. The molecule has 0 spiro atoms. The van der Waals surface area contributed by atoms with Crippen LogP contribution in [0.5, 0.6) is 0 Å². The molecule has 0 radical (unpaired) electrons. The molecule has 0 unspecified atom stereocenters. The molecule has 0 saturated heterocycles. The SMILES string of the molecule is C.CCC(=O)c1ccccc1N.CCCCCCCCC(=O)Nc1ccccc1C(=O)CC.ClCCl. The second-order valence-corrected chi connectivity index (χ2v) is 8.66. The Balaban J connectivity index is 0. The first-order valence-corrected chi connectivity index (χ1v) is 13.3. The molecule has 3 N–H and O–H groups in total. The van der Waals surface area contributed by atoms with Gasteiger partial charge in [-0.25, -0.2) is 0 Å². The third-order valence-corrected chi connectivity index (χ3v) is 5.16. The highest BCUT2D eigenvalue weighted by Crippen LogP contribution is 2.18. The third kappa shape index (κ3) is 15.6. The second-order valence-electron chi connectivity index (χ2n) is 7.85. The van der Waals surface area contributed by atoms with Gasteiger partial charge in [0.25, 0.3) is 0 Å². The normalized spacial score (nSPS) is 9.47. The summed E-state index contributed by atoms with van der Waals surface area (Å²) in [6.07, 6.45) is 8.47. The van der Waals surface area contributed by atoms with Crippen molar-refractivity contribution in [3.05, 3.63) is 59.7 Å². The van der Waals surface area contributed by atoms with E-state index in [4.69, 9.17) is 28.9 Å². The summed E-state index contributed by atoms with van der Waals surface area (Å²) in [6.45, 7) is 5.86. The van der Waals surface area contributed by atoms with E-state index in [0.29, 0.717) is 41.8 Å². The maximum atomic E-state index is 11.9. The minimum atomic E-state index is 0. The zero-order valence-electron chi connectivity index (χ0n) is 21.2. The number of benzene rings is 2. The summed E-state index contributed by atoms with van der Waals surface area (Å²) in [4.78, 5) is 34.9. The highest BCUT2D eigenvalue weighted by atomic mass is 35.5. The molecule has 0 aromatic heterocycles. The number of nitrogens with one attached hydrogen (secondary N) is 1. The highest BCUT2D eigenvalue weighted by Gasteiger charge is 2.11. The van der Waals surface area contributed by atoms with Crippen molar-refractivity contribution in [3.63, 3.8) is 0 Å². The lowest BCUT2D eigenvalue weighted by Crippen LogP contribution is -2.14. The molecule has 0 saturated carbocycles. The number of ketones is 2. The number of carbonyl (C=O) groups is 3. The summed E-state index contributed by atoms with van der Waals surface area (Å²) in [5.41, 5.74) is 8.03. The lowest BCUT2D eigenvalue weighted by atomic mass is 10.1. The molecule has 1 amide bonds. The predicted molar refractivity (Wildman–Crippen MR) is 156 cm³/mol. The van der Waals surface area contributed by atoms with E-state index in [-0.39, 0.29) is 30.2 Å². The predicted octanol–water partition coefficient (Wildman–Crippen LogP) is 8.89. The van der Waals surface area contributed by atoms with Crippen LogP contribution in [-0.2, 0) is 4.79 Å². The van der Waals surface area contributed by atoms with Crippen molar-refractivity contribution in [3.8, 4) is 0 Å². The number of Topliss-reactive ketones (excluding diaryl/α,β-unsaturated/α-hetero) is 2. The molecule has 0 aliphatic carbocycles. The number of para-hydroxylation sites is 2. The molecule has 0 heterocycles. The van der Waals surface area contributed by atoms with E-state index in [1.54, 1.807) is 24.3 Å². The number of hydrogen-bond donors (Lipinski definition) is 2. The van der Waals surface area contributed by atoms with Crippen LogP contribution in [0.3, 0.4) is 0 Å². The number of alkyl halides is 2. The molecular formula is C29H44Cl2N2O3. The molecule has 0 aliphatic rings. The van der Waals surface area contributed by atoms with Crippen LogP contribution in [0.25, 0.3) is 0 Å². The molecule has 0 aliphatic heterocycles. The Morgan fingerprint density at radius 3 is 1.78 bits per heavy atom. The van der Waals surface area contributed by atoms with Gasteiger partial charge in [0.05, 0.1) is 11.0 Å². The van der Waals surface area contributed by atoms with E-state index in [2.05, 4.69) is 12.2 Å². The van der Waals surface area contributed by atoms with E-state index in [9.17, 15) is 14.4 Å². The van der Waals surface area contributed by atoms with Crippen LogP contribution in [0.2, 0.25) is 0 Å². The monoisotopic (exact) mass is 538 g/mol. The number of rotatable bonds is 12.